The molecule has 0 radical (unpaired) electrons. The molecule has 0 bridgehead atoms. The van der Waals surface area contributed by atoms with E-state index in [2.05, 4.69) is 20.9 Å². The third-order valence-electron chi connectivity index (χ3n) is 3.90. The van der Waals surface area contributed by atoms with Crippen molar-refractivity contribution in [1.82, 2.24) is 30.4 Å². The molecule has 142 valence electrons. The molecular weight excluding hydrogens is 348 g/mol. The van der Waals surface area contributed by atoms with E-state index in [1.165, 1.54) is 0 Å². The van der Waals surface area contributed by atoms with Crippen LogP contribution in [0.5, 0.6) is 0 Å². The Balaban J connectivity index is 0.00000312. The molecule has 10 heteroatoms. The summed E-state index contributed by atoms with van der Waals surface area (Å²) in [5, 5.41) is 8.33. The van der Waals surface area contributed by atoms with Crippen molar-refractivity contribution in [2.45, 2.75) is 19.0 Å². The molecule has 3 N–H and O–H groups in total. The van der Waals surface area contributed by atoms with Gasteiger partial charge in [-0.1, -0.05) is 0 Å². The smallest absolute Gasteiger partial charge is 0.321 e. The highest BCUT2D eigenvalue weighted by molar-refractivity contribution is 5.95. The van der Waals surface area contributed by atoms with E-state index in [9.17, 15) is 9.59 Å². The summed E-state index contributed by atoms with van der Waals surface area (Å²) in [5.74, 6) is 0.561. The number of halogens is 1. The number of carbonyl (C=O) groups is 2. The maximum Gasteiger partial charge on any atom is 0.321 e. The van der Waals surface area contributed by atoms with Gasteiger partial charge in [-0.15, -0.1) is 12.4 Å². The van der Waals surface area contributed by atoms with E-state index in [4.69, 9.17) is 4.74 Å². The van der Waals surface area contributed by atoms with Gasteiger partial charge in [-0.3, -0.25) is 15.0 Å². The van der Waals surface area contributed by atoms with Gasteiger partial charge in [0.25, 0.3) is 0 Å². The van der Waals surface area contributed by atoms with E-state index in [0.29, 0.717) is 13.2 Å². The Labute approximate surface area is 153 Å². The van der Waals surface area contributed by atoms with Crippen LogP contribution in [0.2, 0.25) is 0 Å². The molecule has 9 nitrogen and oxygen atoms in total. The minimum atomic E-state index is -0.506. The Morgan fingerprint density at radius 3 is 2.92 bits per heavy atom. The van der Waals surface area contributed by atoms with Gasteiger partial charge in [0.2, 0.25) is 5.91 Å². The van der Waals surface area contributed by atoms with E-state index >= 15 is 0 Å². The molecule has 0 spiro atoms. The van der Waals surface area contributed by atoms with Crippen molar-refractivity contribution >= 4 is 24.3 Å². The molecule has 2 unspecified atom stereocenters. The first kappa shape index (κ1) is 21.4. The van der Waals surface area contributed by atoms with E-state index < -0.39 is 6.03 Å². The van der Waals surface area contributed by atoms with E-state index in [-0.39, 0.29) is 36.9 Å². The first-order valence-corrected chi connectivity index (χ1v) is 8.02. The molecule has 1 fully saturated rings. The molecule has 2 rings (SSSR count). The van der Waals surface area contributed by atoms with Crippen LogP contribution in [-0.4, -0.2) is 72.3 Å². The standard InChI is InChI=1S/C15H26N6O3.ClH/c1-11(10-24-3)18-15(23)19-13(22)9-21-7-4-16-8-12(21)14-17-5-6-20(14)2;/h5-6,11-12,16H,4,7-10H2,1-3H3,(H2,18,19,22,23);1H. The number of aryl methyl sites for hydroxylation is 1. The molecular formula is C15H27ClN6O3. The van der Waals surface area contributed by atoms with E-state index in [1.54, 1.807) is 20.2 Å². The largest absolute Gasteiger partial charge is 0.383 e. The number of amides is 3. The van der Waals surface area contributed by atoms with E-state index in [0.717, 1.165) is 18.9 Å². The number of imidazole rings is 1. The number of nitrogens with zero attached hydrogens (tertiary/aromatic N) is 3. The van der Waals surface area contributed by atoms with Crippen LogP contribution < -0.4 is 16.0 Å². The number of hydrogen-bond acceptors (Lipinski definition) is 6. The summed E-state index contributed by atoms with van der Waals surface area (Å²) in [4.78, 5) is 30.4. The number of urea groups is 1. The van der Waals surface area contributed by atoms with Gasteiger partial charge in [0.05, 0.1) is 25.2 Å². The van der Waals surface area contributed by atoms with Crippen molar-refractivity contribution in [3.8, 4) is 0 Å². The van der Waals surface area contributed by atoms with E-state index in [1.807, 2.05) is 22.7 Å². The number of rotatable bonds is 6. The number of aromatic nitrogens is 2. The fraction of sp³-hybridized carbons (Fsp3) is 0.667. The number of imide groups is 1. The molecule has 1 aliphatic rings. The first-order chi connectivity index (χ1) is 11.5. The number of methoxy groups -OCH3 is 1. The van der Waals surface area contributed by atoms with Crippen LogP contribution in [0.1, 0.15) is 18.8 Å². The summed E-state index contributed by atoms with van der Waals surface area (Å²) >= 11 is 0. The second kappa shape index (κ2) is 10.3. The minimum absolute atomic E-state index is 0. The lowest BCUT2D eigenvalue weighted by atomic mass is 10.1. The Kier molecular flexibility index (Phi) is 8.84. The molecule has 0 aromatic carbocycles. The quantitative estimate of drug-likeness (QED) is 0.629. The summed E-state index contributed by atoms with van der Waals surface area (Å²) in [6, 6.07) is -0.671. The third-order valence-corrected chi connectivity index (χ3v) is 3.90. The zero-order valence-electron chi connectivity index (χ0n) is 14.8. The highest BCUT2D eigenvalue weighted by atomic mass is 35.5. The van der Waals surface area contributed by atoms with Gasteiger partial charge in [0.1, 0.15) is 5.82 Å². The number of piperazine rings is 1. The van der Waals surface area contributed by atoms with Gasteiger partial charge in [-0.2, -0.15) is 0 Å². The highest BCUT2D eigenvalue weighted by Crippen LogP contribution is 2.19. The zero-order valence-corrected chi connectivity index (χ0v) is 15.6. The summed E-state index contributed by atoms with van der Waals surface area (Å²) in [6.07, 6.45) is 3.62. The lowest BCUT2D eigenvalue weighted by molar-refractivity contribution is -0.122. The molecule has 2 atom stereocenters. The van der Waals surface area contributed by atoms with Crippen molar-refractivity contribution in [2.24, 2.45) is 7.05 Å². The van der Waals surface area contributed by atoms with Crippen LogP contribution in [0.4, 0.5) is 4.79 Å². The highest BCUT2D eigenvalue weighted by Gasteiger charge is 2.28. The Morgan fingerprint density at radius 1 is 1.52 bits per heavy atom. The van der Waals surface area contributed by atoms with Gasteiger partial charge in [-0.05, 0) is 6.92 Å². The van der Waals surface area contributed by atoms with Crippen molar-refractivity contribution in [3.63, 3.8) is 0 Å². The third kappa shape index (κ3) is 6.28. The normalized spacial score (nSPS) is 18.9. The van der Waals surface area contributed by atoms with Crippen LogP contribution in [0.3, 0.4) is 0 Å². The summed E-state index contributed by atoms with van der Waals surface area (Å²) in [6.45, 7) is 4.57. The molecule has 3 amide bonds. The summed E-state index contributed by atoms with van der Waals surface area (Å²) in [7, 11) is 3.49. The molecule has 1 aliphatic heterocycles. The number of ether oxygens (including phenoxy) is 1. The average Bonchev–Trinajstić information content (AvgIpc) is 2.93. The number of nitrogens with one attached hydrogen (secondary N) is 3. The number of hydrogen-bond donors (Lipinski definition) is 3. The Hall–Kier alpha value is -1.68. The zero-order chi connectivity index (χ0) is 17.5. The Bertz CT molecular complexity index is 567. The van der Waals surface area contributed by atoms with Crippen LogP contribution in [0.15, 0.2) is 12.4 Å². The van der Waals surface area contributed by atoms with Crippen LogP contribution in [-0.2, 0) is 16.6 Å². The summed E-state index contributed by atoms with van der Waals surface area (Å²) in [5.41, 5.74) is 0. The second-order valence-corrected chi connectivity index (χ2v) is 5.96. The molecule has 25 heavy (non-hydrogen) atoms. The maximum atomic E-state index is 12.2. The second-order valence-electron chi connectivity index (χ2n) is 5.96. The predicted octanol–water partition coefficient (Wildman–Crippen LogP) is -0.351. The summed E-state index contributed by atoms with van der Waals surface area (Å²) < 4.78 is 6.89. The fourth-order valence-electron chi connectivity index (χ4n) is 2.79. The SMILES string of the molecule is COCC(C)NC(=O)NC(=O)CN1CCNCC1c1nccn1C.Cl. The minimum Gasteiger partial charge on any atom is -0.383 e. The molecule has 1 aromatic heterocycles. The van der Waals surface area contributed by atoms with Gasteiger partial charge in [-0.25, -0.2) is 9.78 Å². The molecule has 2 heterocycles. The van der Waals surface area contributed by atoms with Gasteiger partial charge < -0.3 is 19.9 Å². The predicted molar refractivity (Wildman–Crippen MR) is 95.7 cm³/mol. The number of carbonyl (C=O) groups excluding carboxylic acids is 2. The van der Waals surface area contributed by atoms with Crippen molar-refractivity contribution in [1.29, 1.82) is 0 Å². The molecule has 0 saturated carbocycles. The van der Waals surface area contributed by atoms with Gasteiger partial charge in [0, 0.05) is 46.2 Å². The van der Waals surface area contributed by atoms with Crippen LogP contribution in [0, 0.1) is 0 Å². The molecule has 0 aliphatic carbocycles. The fourth-order valence-corrected chi connectivity index (χ4v) is 2.79. The monoisotopic (exact) mass is 374 g/mol. The lowest BCUT2D eigenvalue weighted by Crippen LogP contribution is -2.52. The Morgan fingerprint density at radius 2 is 2.28 bits per heavy atom. The lowest BCUT2D eigenvalue weighted by Gasteiger charge is -2.35. The van der Waals surface area contributed by atoms with Crippen molar-refractivity contribution in [2.75, 3.05) is 39.9 Å². The topological polar surface area (TPSA) is 101 Å². The van der Waals surface area contributed by atoms with Gasteiger partial charge >= 0.3 is 6.03 Å². The van der Waals surface area contributed by atoms with Crippen molar-refractivity contribution < 1.29 is 14.3 Å². The van der Waals surface area contributed by atoms with Gasteiger partial charge in [0.15, 0.2) is 0 Å². The molecule has 1 saturated heterocycles. The van der Waals surface area contributed by atoms with Crippen LogP contribution in [0.25, 0.3) is 0 Å². The maximum absolute atomic E-state index is 12.2. The first-order valence-electron chi connectivity index (χ1n) is 8.02. The molecule has 1 aromatic rings. The van der Waals surface area contributed by atoms with Crippen molar-refractivity contribution in [3.05, 3.63) is 18.2 Å². The van der Waals surface area contributed by atoms with Crippen LogP contribution >= 0.6 is 12.4 Å². The average molecular weight is 375 g/mol.